The first kappa shape index (κ1) is 22.9. The predicted molar refractivity (Wildman–Crippen MR) is 103 cm³/mol. The minimum atomic E-state index is -4.27. The summed E-state index contributed by atoms with van der Waals surface area (Å²) in [5.41, 5.74) is -3.10. The van der Waals surface area contributed by atoms with E-state index in [1.54, 1.807) is 0 Å². The van der Waals surface area contributed by atoms with E-state index in [1.165, 1.54) is 11.8 Å². The molecule has 0 aliphatic heterocycles. The van der Waals surface area contributed by atoms with Crippen molar-refractivity contribution in [3.63, 3.8) is 0 Å². The minimum Gasteiger partial charge on any atom is -0.376 e. The Morgan fingerprint density at radius 2 is 1.74 bits per heavy atom. The molecule has 148 valence electrons. The van der Waals surface area contributed by atoms with Crippen molar-refractivity contribution in [3.8, 4) is 0 Å². The van der Waals surface area contributed by atoms with Gasteiger partial charge < -0.3 is 5.32 Å². The van der Waals surface area contributed by atoms with E-state index in [4.69, 9.17) is 5.14 Å². The van der Waals surface area contributed by atoms with E-state index in [-0.39, 0.29) is 24.6 Å². The van der Waals surface area contributed by atoms with Crippen LogP contribution in [0.2, 0.25) is 0 Å². The van der Waals surface area contributed by atoms with Gasteiger partial charge in [0.2, 0.25) is 10.0 Å². The van der Waals surface area contributed by atoms with E-state index in [0.29, 0.717) is 5.75 Å². The molecule has 1 aliphatic rings. The number of allylic oxidation sites excluding steroid dienone is 2. The minimum absolute atomic E-state index is 0. The van der Waals surface area contributed by atoms with Crippen molar-refractivity contribution < 1.29 is 18.3 Å². The Kier molecular flexibility index (Phi) is 7.77. The maximum Gasteiger partial charge on any atom is 0.502 e. The van der Waals surface area contributed by atoms with Gasteiger partial charge in [-0.1, -0.05) is 18.2 Å². The summed E-state index contributed by atoms with van der Waals surface area (Å²) in [6.45, 7) is 0.216. The molecule has 0 fully saturated rings. The van der Waals surface area contributed by atoms with Crippen LogP contribution < -0.4 is 10.5 Å². The molecule has 0 unspecified atom stereocenters. The fourth-order valence-corrected chi connectivity index (χ4v) is 3.82. The van der Waals surface area contributed by atoms with Crippen molar-refractivity contribution in [2.24, 2.45) is 5.14 Å². The monoisotopic (exact) mass is 436 g/mol. The first-order valence-electron chi connectivity index (χ1n) is 7.33. The molecule has 10 nitrogen and oxygen atoms in total. The number of halogens is 1. The lowest BCUT2D eigenvalue weighted by molar-refractivity contribution is -0.784. The van der Waals surface area contributed by atoms with E-state index < -0.39 is 36.9 Å². The number of benzene rings is 1. The first-order valence-corrected chi connectivity index (χ1v) is 9.86. The number of hydrogen-bond donors (Lipinski definition) is 2. The highest BCUT2D eigenvalue weighted by Gasteiger charge is 2.62. The second-order valence-corrected chi connectivity index (χ2v) is 8.14. The molecule has 0 saturated heterocycles. The van der Waals surface area contributed by atoms with Gasteiger partial charge in [-0.25, -0.2) is 13.6 Å². The van der Waals surface area contributed by atoms with Gasteiger partial charge in [-0.2, -0.15) is 0 Å². The lowest BCUT2D eigenvalue weighted by Crippen LogP contribution is -2.53. The SMILES string of the molecule is Cl.NS(=O)(=O)C1=CC=C(NCCSc2ccccc2)C([N+](=O)[O-])([N+](=O)[O-])C1. The van der Waals surface area contributed by atoms with Crippen LogP contribution in [-0.2, 0) is 10.0 Å². The maximum absolute atomic E-state index is 11.5. The van der Waals surface area contributed by atoms with Crippen LogP contribution in [0.15, 0.2) is 58.0 Å². The Bertz CT molecular complexity index is 859. The average Bonchev–Trinajstić information content (AvgIpc) is 2.58. The van der Waals surface area contributed by atoms with Crippen LogP contribution >= 0.6 is 24.2 Å². The van der Waals surface area contributed by atoms with Crippen LogP contribution in [0.25, 0.3) is 0 Å². The lowest BCUT2D eigenvalue weighted by Gasteiger charge is -2.24. The van der Waals surface area contributed by atoms with Gasteiger partial charge >= 0.3 is 5.66 Å². The number of nitrogens with zero attached hydrogens (tertiary/aromatic N) is 2. The number of primary sulfonamides is 1. The van der Waals surface area contributed by atoms with Crippen LogP contribution in [0, 0.1) is 20.2 Å². The molecule has 27 heavy (non-hydrogen) atoms. The van der Waals surface area contributed by atoms with Crippen LogP contribution in [0.4, 0.5) is 0 Å². The van der Waals surface area contributed by atoms with E-state index in [9.17, 15) is 28.6 Å². The van der Waals surface area contributed by atoms with Gasteiger partial charge in [0.15, 0.2) is 5.70 Å². The maximum atomic E-state index is 11.5. The molecule has 0 spiro atoms. The Hall–Kier alpha value is -2.15. The van der Waals surface area contributed by atoms with Crippen molar-refractivity contribution in [2.75, 3.05) is 12.3 Å². The third kappa shape index (κ3) is 5.19. The number of hydrogen-bond acceptors (Lipinski definition) is 8. The zero-order valence-corrected chi connectivity index (χ0v) is 16.3. The van der Waals surface area contributed by atoms with Gasteiger partial charge in [0.05, 0.1) is 4.91 Å². The number of nitro groups is 2. The summed E-state index contributed by atoms with van der Waals surface area (Å²) in [5.74, 6) is 0.499. The average molecular weight is 437 g/mol. The molecule has 3 N–H and O–H groups in total. The molecule has 13 heteroatoms. The molecular formula is C14H17ClN4O6S2. The fourth-order valence-electron chi connectivity index (χ4n) is 2.37. The number of sulfonamides is 1. The van der Waals surface area contributed by atoms with E-state index in [1.807, 2.05) is 30.3 Å². The number of nitrogens with two attached hydrogens (primary N) is 1. The topological polar surface area (TPSA) is 158 Å². The van der Waals surface area contributed by atoms with Crippen LogP contribution in [0.1, 0.15) is 6.42 Å². The first-order chi connectivity index (χ1) is 12.2. The Morgan fingerprint density at radius 3 is 2.26 bits per heavy atom. The molecule has 2 rings (SSSR count). The predicted octanol–water partition coefficient (Wildman–Crippen LogP) is 1.50. The number of thioether (sulfide) groups is 1. The van der Waals surface area contributed by atoms with Crippen molar-refractivity contribution in [1.29, 1.82) is 0 Å². The van der Waals surface area contributed by atoms with Gasteiger partial charge in [0, 0.05) is 17.2 Å². The lowest BCUT2D eigenvalue weighted by atomic mass is 9.97. The molecule has 0 heterocycles. The zero-order chi connectivity index (χ0) is 19.4. The van der Waals surface area contributed by atoms with Crippen LogP contribution in [-0.4, -0.2) is 36.2 Å². The highest BCUT2D eigenvalue weighted by atomic mass is 35.5. The van der Waals surface area contributed by atoms with Crippen molar-refractivity contribution in [1.82, 2.24) is 5.32 Å². The van der Waals surface area contributed by atoms with Crippen molar-refractivity contribution >= 4 is 34.2 Å². The van der Waals surface area contributed by atoms with E-state index in [2.05, 4.69) is 5.32 Å². The van der Waals surface area contributed by atoms with Crippen molar-refractivity contribution in [2.45, 2.75) is 17.0 Å². The van der Waals surface area contributed by atoms with Crippen molar-refractivity contribution in [3.05, 3.63) is 73.3 Å². The highest BCUT2D eigenvalue weighted by molar-refractivity contribution is 7.99. The Balaban J connectivity index is 0.00000364. The highest BCUT2D eigenvalue weighted by Crippen LogP contribution is 2.33. The van der Waals surface area contributed by atoms with E-state index >= 15 is 0 Å². The standard InChI is InChI=1S/C14H16N4O6S2.ClH/c15-26(23,24)12-6-7-13(14(10-12,17(19)20)18(21)22)16-8-9-25-11-4-2-1-3-5-11;/h1-7,16H,8-10H2,(H2,15,23,24);1H. The quantitative estimate of drug-likeness (QED) is 0.204. The Labute approximate surface area is 165 Å². The molecule has 0 amide bonds. The largest absolute Gasteiger partial charge is 0.502 e. The molecule has 0 atom stereocenters. The molecule has 0 bridgehead atoms. The third-order valence-corrected chi connectivity index (χ3v) is 5.71. The molecule has 1 aromatic carbocycles. The summed E-state index contributed by atoms with van der Waals surface area (Å²) in [5, 5.41) is 30.6. The number of rotatable bonds is 8. The summed E-state index contributed by atoms with van der Waals surface area (Å²) >= 11 is 1.47. The summed E-state index contributed by atoms with van der Waals surface area (Å²) in [4.78, 5) is 21.2. The zero-order valence-electron chi connectivity index (χ0n) is 13.8. The van der Waals surface area contributed by atoms with Gasteiger partial charge in [-0.15, -0.1) is 24.2 Å². The smallest absolute Gasteiger partial charge is 0.376 e. The Morgan fingerprint density at radius 1 is 1.15 bits per heavy atom. The summed E-state index contributed by atoms with van der Waals surface area (Å²) in [6, 6.07) is 9.38. The molecule has 0 aromatic heterocycles. The second kappa shape index (κ2) is 9.17. The molecule has 0 saturated carbocycles. The van der Waals surface area contributed by atoms with Gasteiger partial charge in [-0.3, -0.25) is 20.2 Å². The van der Waals surface area contributed by atoms with Crippen LogP contribution in [0.5, 0.6) is 0 Å². The molecule has 0 radical (unpaired) electrons. The van der Waals surface area contributed by atoms with Gasteiger partial charge in [-0.05, 0) is 24.3 Å². The number of nitrogens with one attached hydrogen (secondary N) is 1. The van der Waals surface area contributed by atoms with Gasteiger partial charge in [0.1, 0.15) is 16.3 Å². The molecule has 1 aromatic rings. The third-order valence-electron chi connectivity index (χ3n) is 3.69. The fraction of sp³-hybridized carbons (Fsp3) is 0.286. The molecular weight excluding hydrogens is 420 g/mol. The van der Waals surface area contributed by atoms with Gasteiger partial charge in [0.25, 0.3) is 0 Å². The molecule has 1 aliphatic carbocycles. The summed E-state index contributed by atoms with van der Waals surface area (Å²) in [6.07, 6.45) is 1.13. The second-order valence-electron chi connectivity index (χ2n) is 5.35. The van der Waals surface area contributed by atoms with E-state index in [0.717, 1.165) is 17.0 Å². The summed E-state index contributed by atoms with van der Waals surface area (Å²) in [7, 11) is -4.27. The van der Waals surface area contributed by atoms with Crippen LogP contribution in [0.3, 0.4) is 0 Å². The summed E-state index contributed by atoms with van der Waals surface area (Å²) < 4.78 is 22.9. The normalized spacial score (nSPS) is 15.7.